The number of aromatic nitrogens is 2. The summed E-state index contributed by atoms with van der Waals surface area (Å²) in [6.07, 6.45) is 1.58. The molecule has 1 amide bonds. The van der Waals surface area contributed by atoms with Gasteiger partial charge in [-0.3, -0.25) is 0 Å². The van der Waals surface area contributed by atoms with Crippen molar-refractivity contribution in [1.29, 1.82) is 0 Å². The van der Waals surface area contributed by atoms with Crippen molar-refractivity contribution in [2.75, 3.05) is 6.54 Å². The molecule has 1 aliphatic heterocycles. The first-order valence-corrected chi connectivity index (χ1v) is 5.86. The number of amides is 1. The molecule has 0 spiro atoms. The lowest BCUT2D eigenvalue weighted by molar-refractivity contribution is 0.0198. The van der Waals surface area contributed by atoms with Gasteiger partial charge < -0.3 is 14.2 Å². The highest BCUT2D eigenvalue weighted by Gasteiger charge is 2.26. The van der Waals surface area contributed by atoms with Gasteiger partial charge in [-0.25, -0.2) is 9.78 Å². The Bertz CT molecular complexity index is 431. The summed E-state index contributed by atoms with van der Waals surface area (Å²) >= 11 is 0. The fourth-order valence-electron chi connectivity index (χ4n) is 1.92. The molecule has 0 bridgehead atoms. The number of carbonyl (C=O) groups is 1. The first-order chi connectivity index (χ1) is 7.87. The standard InChI is InChI=1S/C12H19N3O2/c1-9-13-7-10-8-14(5-6-15(9)10)11(16)17-12(2,3)4/h7H,5-6,8H2,1-4H3. The quantitative estimate of drug-likeness (QED) is 0.692. The summed E-state index contributed by atoms with van der Waals surface area (Å²) in [5.74, 6) is 1.00. The zero-order valence-electron chi connectivity index (χ0n) is 10.9. The van der Waals surface area contributed by atoms with E-state index in [1.807, 2.05) is 33.9 Å². The first kappa shape index (κ1) is 12.0. The molecule has 1 aliphatic rings. The number of aryl methyl sites for hydroxylation is 1. The van der Waals surface area contributed by atoms with E-state index in [9.17, 15) is 4.79 Å². The molecule has 0 N–H and O–H groups in total. The first-order valence-electron chi connectivity index (χ1n) is 5.86. The van der Waals surface area contributed by atoms with Crippen LogP contribution in [-0.4, -0.2) is 32.7 Å². The summed E-state index contributed by atoms with van der Waals surface area (Å²) in [4.78, 5) is 17.9. The van der Waals surface area contributed by atoms with E-state index >= 15 is 0 Å². The van der Waals surface area contributed by atoms with Gasteiger partial charge in [0.15, 0.2) is 0 Å². The predicted molar refractivity (Wildman–Crippen MR) is 63.6 cm³/mol. The van der Waals surface area contributed by atoms with Crippen LogP contribution < -0.4 is 0 Å². The molecule has 0 fully saturated rings. The van der Waals surface area contributed by atoms with Gasteiger partial charge in [0.05, 0.1) is 18.4 Å². The maximum absolute atomic E-state index is 11.9. The molecule has 1 aromatic rings. The zero-order valence-corrected chi connectivity index (χ0v) is 10.9. The molecule has 2 rings (SSSR count). The molecule has 0 aliphatic carbocycles. The van der Waals surface area contributed by atoms with Gasteiger partial charge in [0.2, 0.25) is 0 Å². The van der Waals surface area contributed by atoms with E-state index in [2.05, 4.69) is 9.55 Å². The van der Waals surface area contributed by atoms with Crippen LogP contribution >= 0.6 is 0 Å². The lowest BCUT2D eigenvalue weighted by Gasteiger charge is -2.31. The number of hydrogen-bond acceptors (Lipinski definition) is 3. The van der Waals surface area contributed by atoms with E-state index in [1.165, 1.54) is 0 Å². The van der Waals surface area contributed by atoms with E-state index in [0.29, 0.717) is 13.1 Å². The summed E-state index contributed by atoms with van der Waals surface area (Å²) in [5.41, 5.74) is 0.629. The Morgan fingerprint density at radius 1 is 1.41 bits per heavy atom. The summed E-state index contributed by atoms with van der Waals surface area (Å²) < 4.78 is 7.50. The van der Waals surface area contributed by atoms with Gasteiger partial charge in [-0.2, -0.15) is 0 Å². The fourth-order valence-corrected chi connectivity index (χ4v) is 1.92. The molecule has 2 heterocycles. The Morgan fingerprint density at radius 2 is 2.12 bits per heavy atom. The van der Waals surface area contributed by atoms with Crippen LogP contribution in [0, 0.1) is 6.92 Å². The Morgan fingerprint density at radius 3 is 2.76 bits per heavy atom. The van der Waals surface area contributed by atoms with Gasteiger partial charge in [-0.15, -0.1) is 0 Å². The Kier molecular flexibility index (Phi) is 2.85. The van der Waals surface area contributed by atoms with E-state index in [-0.39, 0.29) is 6.09 Å². The normalized spacial score (nSPS) is 15.6. The molecule has 0 atom stereocenters. The molecule has 5 nitrogen and oxygen atoms in total. The van der Waals surface area contributed by atoms with E-state index in [0.717, 1.165) is 18.1 Å². The van der Waals surface area contributed by atoms with Gasteiger partial charge in [-0.1, -0.05) is 0 Å². The summed E-state index contributed by atoms with van der Waals surface area (Å²) in [6, 6.07) is 0. The molecular weight excluding hydrogens is 218 g/mol. The number of ether oxygens (including phenoxy) is 1. The van der Waals surface area contributed by atoms with E-state index < -0.39 is 5.60 Å². The molecule has 94 valence electrons. The third-order valence-electron chi connectivity index (χ3n) is 2.74. The van der Waals surface area contributed by atoms with Gasteiger partial charge in [0.1, 0.15) is 11.4 Å². The number of rotatable bonds is 0. The van der Waals surface area contributed by atoms with Gasteiger partial charge in [-0.05, 0) is 27.7 Å². The van der Waals surface area contributed by atoms with Crippen LogP contribution in [0.2, 0.25) is 0 Å². The van der Waals surface area contributed by atoms with Crippen molar-refractivity contribution < 1.29 is 9.53 Å². The molecule has 0 radical (unpaired) electrons. The second-order valence-electron chi connectivity index (χ2n) is 5.35. The maximum atomic E-state index is 11.9. The van der Waals surface area contributed by atoms with Crippen LogP contribution in [0.3, 0.4) is 0 Å². The highest BCUT2D eigenvalue weighted by molar-refractivity contribution is 5.68. The zero-order chi connectivity index (χ0) is 12.6. The monoisotopic (exact) mass is 237 g/mol. The highest BCUT2D eigenvalue weighted by Crippen LogP contribution is 2.17. The fraction of sp³-hybridized carbons (Fsp3) is 0.667. The summed E-state index contributed by atoms with van der Waals surface area (Å²) in [7, 11) is 0. The van der Waals surface area contributed by atoms with Crippen molar-refractivity contribution in [2.45, 2.75) is 46.4 Å². The van der Waals surface area contributed by atoms with Crippen LogP contribution in [0.25, 0.3) is 0 Å². The van der Waals surface area contributed by atoms with Crippen LogP contribution in [0.5, 0.6) is 0 Å². The van der Waals surface area contributed by atoms with Crippen molar-refractivity contribution in [3.63, 3.8) is 0 Å². The molecule has 1 aromatic heterocycles. The summed E-state index contributed by atoms with van der Waals surface area (Å²) in [5, 5.41) is 0. The number of carbonyl (C=O) groups excluding carboxylic acids is 1. The predicted octanol–water partition coefficient (Wildman–Crippen LogP) is 1.94. The Labute approximate surface area is 101 Å². The van der Waals surface area contributed by atoms with Gasteiger partial charge in [0.25, 0.3) is 0 Å². The van der Waals surface area contributed by atoms with Crippen molar-refractivity contribution in [3.05, 3.63) is 17.7 Å². The van der Waals surface area contributed by atoms with E-state index in [4.69, 9.17) is 4.74 Å². The number of hydrogen-bond donors (Lipinski definition) is 0. The maximum Gasteiger partial charge on any atom is 0.410 e. The van der Waals surface area contributed by atoms with Crippen LogP contribution in [0.1, 0.15) is 32.3 Å². The third-order valence-corrected chi connectivity index (χ3v) is 2.74. The van der Waals surface area contributed by atoms with Crippen LogP contribution in [0.15, 0.2) is 6.20 Å². The molecule has 0 saturated carbocycles. The molecular formula is C12H19N3O2. The number of imidazole rings is 1. The number of nitrogens with zero attached hydrogens (tertiary/aromatic N) is 3. The molecule has 0 unspecified atom stereocenters. The molecule has 5 heteroatoms. The van der Waals surface area contributed by atoms with Crippen molar-refractivity contribution >= 4 is 6.09 Å². The lowest BCUT2D eigenvalue weighted by Crippen LogP contribution is -2.41. The van der Waals surface area contributed by atoms with Crippen LogP contribution in [-0.2, 0) is 17.8 Å². The van der Waals surface area contributed by atoms with E-state index in [1.54, 1.807) is 4.90 Å². The summed E-state index contributed by atoms with van der Waals surface area (Å²) in [6.45, 7) is 9.66. The minimum atomic E-state index is -0.440. The molecule has 0 aromatic carbocycles. The van der Waals surface area contributed by atoms with Gasteiger partial charge >= 0.3 is 6.09 Å². The topological polar surface area (TPSA) is 47.4 Å². The smallest absolute Gasteiger partial charge is 0.410 e. The minimum absolute atomic E-state index is 0.248. The lowest BCUT2D eigenvalue weighted by atomic mass is 10.2. The SMILES string of the molecule is Cc1ncc2n1CCN(C(=O)OC(C)(C)C)C2. The average molecular weight is 237 g/mol. The van der Waals surface area contributed by atoms with Crippen molar-refractivity contribution in [1.82, 2.24) is 14.5 Å². The average Bonchev–Trinajstić information content (AvgIpc) is 2.57. The molecule has 17 heavy (non-hydrogen) atoms. The van der Waals surface area contributed by atoms with Crippen LogP contribution in [0.4, 0.5) is 4.79 Å². The number of fused-ring (bicyclic) bond motifs is 1. The highest BCUT2D eigenvalue weighted by atomic mass is 16.6. The molecule has 0 saturated heterocycles. The third kappa shape index (κ3) is 2.60. The second-order valence-corrected chi connectivity index (χ2v) is 5.35. The largest absolute Gasteiger partial charge is 0.444 e. The Balaban J connectivity index is 2.05. The van der Waals surface area contributed by atoms with Crippen molar-refractivity contribution in [3.8, 4) is 0 Å². The minimum Gasteiger partial charge on any atom is -0.444 e. The second kappa shape index (κ2) is 4.05. The Hall–Kier alpha value is -1.52. The van der Waals surface area contributed by atoms with Gasteiger partial charge in [0, 0.05) is 13.1 Å². The van der Waals surface area contributed by atoms with Crippen molar-refractivity contribution in [2.24, 2.45) is 0 Å².